The Hall–Kier alpha value is -0.360. The summed E-state index contributed by atoms with van der Waals surface area (Å²) in [4.78, 5) is 0. The summed E-state index contributed by atoms with van der Waals surface area (Å²) in [6.07, 6.45) is 4.97. The number of nitrogens with two attached hydrogens (primary N) is 1. The molecule has 0 amide bonds. The van der Waals surface area contributed by atoms with Crippen LogP contribution < -0.4 is 10.5 Å². The average molecular weight is 363 g/mol. The second kappa shape index (κ2) is 7.28. The molecule has 18 heavy (non-hydrogen) atoms. The van der Waals surface area contributed by atoms with E-state index in [2.05, 4.69) is 35.9 Å². The van der Waals surface area contributed by atoms with Crippen LogP contribution in [0.5, 0.6) is 5.75 Å². The lowest BCUT2D eigenvalue weighted by molar-refractivity contribution is 0.273. The van der Waals surface area contributed by atoms with Gasteiger partial charge in [0.25, 0.3) is 0 Å². The van der Waals surface area contributed by atoms with E-state index in [0.29, 0.717) is 5.75 Å². The highest BCUT2D eigenvalue weighted by molar-refractivity contribution is 14.1. The van der Waals surface area contributed by atoms with Crippen molar-refractivity contribution in [3.63, 3.8) is 0 Å². The van der Waals surface area contributed by atoms with E-state index >= 15 is 0 Å². The second-order valence-electron chi connectivity index (χ2n) is 4.34. The van der Waals surface area contributed by atoms with Crippen molar-refractivity contribution in [3.8, 4) is 5.75 Å². The number of benzene rings is 1. The third kappa shape index (κ3) is 5.10. The highest BCUT2D eigenvalue weighted by atomic mass is 127. The zero-order chi connectivity index (χ0) is 13.6. The van der Waals surface area contributed by atoms with E-state index in [-0.39, 0.29) is 6.61 Å². The highest BCUT2D eigenvalue weighted by Gasteiger charge is 2.20. The minimum atomic E-state index is -0.483. The van der Waals surface area contributed by atoms with Gasteiger partial charge in [0.2, 0.25) is 0 Å². The molecule has 0 aliphatic carbocycles. The molecule has 100 valence electrons. The van der Waals surface area contributed by atoms with Crippen LogP contribution in [0, 0.1) is 16.4 Å². The SMILES string of the molecule is CC[CH]C(C)(N)[CH]c1cc(OCCF)ccc1I. The van der Waals surface area contributed by atoms with Gasteiger partial charge in [0.15, 0.2) is 0 Å². The van der Waals surface area contributed by atoms with E-state index in [1.54, 1.807) is 0 Å². The monoisotopic (exact) mass is 363 g/mol. The third-order valence-corrected chi connectivity index (χ3v) is 3.41. The largest absolute Gasteiger partial charge is 0.491 e. The van der Waals surface area contributed by atoms with E-state index in [0.717, 1.165) is 15.6 Å². The predicted octanol–water partition coefficient (Wildman–Crippen LogP) is 3.52. The predicted molar refractivity (Wildman–Crippen MR) is 81.2 cm³/mol. The molecule has 0 aliphatic heterocycles. The Bertz CT molecular complexity index is 382. The molecule has 0 fully saturated rings. The van der Waals surface area contributed by atoms with Gasteiger partial charge in [0.1, 0.15) is 19.0 Å². The van der Waals surface area contributed by atoms with E-state index < -0.39 is 12.2 Å². The molecule has 0 spiro atoms. The van der Waals surface area contributed by atoms with Gasteiger partial charge < -0.3 is 10.5 Å². The number of rotatable bonds is 7. The lowest BCUT2D eigenvalue weighted by Crippen LogP contribution is -2.37. The van der Waals surface area contributed by atoms with Crippen LogP contribution in [0.3, 0.4) is 0 Å². The summed E-state index contributed by atoms with van der Waals surface area (Å²) < 4.78 is 18.4. The van der Waals surface area contributed by atoms with Crippen LogP contribution in [0.2, 0.25) is 0 Å². The molecule has 0 saturated heterocycles. The molecular formula is C14H19FINO. The molecule has 4 heteroatoms. The van der Waals surface area contributed by atoms with Gasteiger partial charge in [-0.05, 0) is 59.7 Å². The molecule has 0 aliphatic rings. The quantitative estimate of drug-likeness (QED) is 0.753. The van der Waals surface area contributed by atoms with E-state index in [9.17, 15) is 4.39 Å². The molecule has 2 N–H and O–H groups in total. The second-order valence-corrected chi connectivity index (χ2v) is 5.51. The van der Waals surface area contributed by atoms with Crippen LogP contribution in [-0.4, -0.2) is 18.8 Å². The van der Waals surface area contributed by atoms with Crippen LogP contribution in [-0.2, 0) is 0 Å². The molecular weight excluding hydrogens is 344 g/mol. The van der Waals surface area contributed by atoms with Gasteiger partial charge in [-0.2, -0.15) is 0 Å². The van der Waals surface area contributed by atoms with Gasteiger partial charge in [-0.3, -0.25) is 0 Å². The van der Waals surface area contributed by atoms with Crippen LogP contribution in [0.25, 0.3) is 0 Å². The molecule has 0 aromatic heterocycles. The molecule has 0 saturated carbocycles. The fourth-order valence-corrected chi connectivity index (χ4v) is 2.20. The third-order valence-electron chi connectivity index (χ3n) is 2.42. The average Bonchev–Trinajstić information content (AvgIpc) is 2.29. The van der Waals surface area contributed by atoms with Crippen molar-refractivity contribution < 1.29 is 9.13 Å². The van der Waals surface area contributed by atoms with Gasteiger partial charge in [-0.25, -0.2) is 4.39 Å². The van der Waals surface area contributed by atoms with Crippen molar-refractivity contribution >= 4 is 22.6 Å². The molecule has 1 unspecified atom stereocenters. The maximum atomic E-state index is 12.1. The summed E-state index contributed by atoms with van der Waals surface area (Å²) in [5.74, 6) is 0.673. The van der Waals surface area contributed by atoms with E-state index in [1.807, 2.05) is 31.5 Å². The van der Waals surface area contributed by atoms with Crippen molar-refractivity contribution in [1.82, 2.24) is 0 Å². The fraction of sp³-hybridized carbons (Fsp3) is 0.429. The molecule has 2 nitrogen and oxygen atoms in total. The number of hydrogen-bond acceptors (Lipinski definition) is 2. The van der Waals surface area contributed by atoms with Gasteiger partial charge in [-0.15, -0.1) is 0 Å². The van der Waals surface area contributed by atoms with Crippen molar-refractivity contribution in [2.75, 3.05) is 13.3 Å². The number of hydrogen-bond donors (Lipinski definition) is 1. The summed E-state index contributed by atoms with van der Waals surface area (Å²) in [6.45, 7) is 3.62. The summed E-state index contributed by atoms with van der Waals surface area (Å²) in [7, 11) is 0. The first-order valence-corrected chi connectivity index (χ1v) is 7.04. The summed E-state index contributed by atoms with van der Waals surface area (Å²) in [6, 6.07) is 5.68. The maximum absolute atomic E-state index is 12.1. The first-order valence-electron chi connectivity index (χ1n) is 5.96. The van der Waals surface area contributed by atoms with E-state index in [4.69, 9.17) is 10.5 Å². The molecule has 1 atom stereocenters. The minimum Gasteiger partial charge on any atom is -0.491 e. The summed E-state index contributed by atoms with van der Waals surface area (Å²) in [5, 5.41) is 0. The Morgan fingerprint density at radius 3 is 2.83 bits per heavy atom. The number of halogens is 2. The Morgan fingerprint density at radius 1 is 1.50 bits per heavy atom. The Labute approximate surface area is 122 Å². The smallest absolute Gasteiger partial charge is 0.123 e. The zero-order valence-electron chi connectivity index (χ0n) is 10.7. The van der Waals surface area contributed by atoms with Crippen molar-refractivity contribution in [2.45, 2.75) is 25.8 Å². The number of ether oxygens (including phenoxy) is 1. The van der Waals surface area contributed by atoms with Crippen molar-refractivity contribution in [2.24, 2.45) is 5.73 Å². The normalized spacial score (nSPS) is 14.3. The molecule has 2 radical (unpaired) electrons. The Balaban J connectivity index is 2.80. The molecule has 1 aromatic rings. The van der Waals surface area contributed by atoms with Gasteiger partial charge in [0.05, 0.1) is 0 Å². The topological polar surface area (TPSA) is 35.2 Å². The molecule has 1 rings (SSSR count). The van der Waals surface area contributed by atoms with Crippen molar-refractivity contribution in [3.05, 3.63) is 40.2 Å². The van der Waals surface area contributed by atoms with Crippen LogP contribution in [0.4, 0.5) is 4.39 Å². The highest BCUT2D eigenvalue weighted by Crippen LogP contribution is 2.25. The fourth-order valence-electron chi connectivity index (χ4n) is 1.71. The first kappa shape index (κ1) is 15.7. The maximum Gasteiger partial charge on any atom is 0.123 e. The Morgan fingerprint density at radius 2 is 2.22 bits per heavy atom. The first-order chi connectivity index (χ1) is 8.48. The van der Waals surface area contributed by atoms with Gasteiger partial charge >= 0.3 is 0 Å². The standard InChI is InChI=1S/C14H19FINO/c1-3-6-14(2,17)10-11-9-12(18-8-7-15)4-5-13(11)16/h4-6,9-10H,3,7-8,17H2,1-2H3. The van der Waals surface area contributed by atoms with Crippen LogP contribution in [0.1, 0.15) is 25.8 Å². The van der Waals surface area contributed by atoms with Crippen molar-refractivity contribution in [1.29, 1.82) is 0 Å². The molecule has 1 aromatic carbocycles. The Kier molecular flexibility index (Phi) is 6.35. The zero-order valence-corrected chi connectivity index (χ0v) is 12.9. The summed E-state index contributed by atoms with van der Waals surface area (Å²) in [5.41, 5.74) is 6.73. The van der Waals surface area contributed by atoms with Gasteiger partial charge in [-0.1, -0.05) is 13.3 Å². The lowest BCUT2D eigenvalue weighted by atomic mass is 9.89. The molecule has 0 bridgehead atoms. The summed E-state index contributed by atoms with van der Waals surface area (Å²) >= 11 is 2.25. The minimum absolute atomic E-state index is 0.0843. The van der Waals surface area contributed by atoms with Gasteiger partial charge in [0, 0.05) is 15.5 Å². The van der Waals surface area contributed by atoms with Crippen LogP contribution >= 0.6 is 22.6 Å². The van der Waals surface area contributed by atoms with E-state index in [1.165, 1.54) is 0 Å². The number of alkyl halides is 1. The van der Waals surface area contributed by atoms with Crippen LogP contribution in [0.15, 0.2) is 18.2 Å². The lowest BCUT2D eigenvalue weighted by Gasteiger charge is -2.24. The molecule has 0 heterocycles.